The average Bonchev–Trinajstić information content (AvgIpc) is 3.70. The third kappa shape index (κ3) is 8.09. The van der Waals surface area contributed by atoms with Gasteiger partial charge in [-0.1, -0.05) is 25.0 Å². The van der Waals surface area contributed by atoms with E-state index < -0.39 is 5.97 Å². The van der Waals surface area contributed by atoms with Gasteiger partial charge in [0.1, 0.15) is 0 Å². The number of imidazole rings is 1. The van der Waals surface area contributed by atoms with Crippen molar-refractivity contribution in [2.24, 2.45) is 5.73 Å². The molecule has 2 saturated carbocycles. The number of fused-ring (bicyclic) bond motifs is 1. The fraction of sp³-hybridized carbons (Fsp3) is 0.581. The highest BCUT2D eigenvalue weighted by molar-refractivity contribution is 6.00. The Morgan fingerprint density at radius 2 is 1.62 bits per heavy atom. The Kier molecular flexibility index (Phi) is 12.1. The Morgan fingerprint density at radius 1 is 0.933 bits per heavy atom. The lowest BCUT2D eigenvalue weighted by atomic mass is 9.92. The topological polar surface area (TPSA) is 152 Å². The molecule has 1 saturated heterocycles. The van der Waals surface area contributed by atoms with Crippen LogP contribution in [0.5, 0.6) is 0 Å². The number of nitrogens with one attached hydrogen (secondary N) is 3. The second-order valence-corrected chi connectivity index (χ2v) is 12.0. The molecule has 2 aliphatic carbocycles. The van der Waals surface area contributed by atoms with E-state index in [9.17, 15) is 9.59 Å². The number of urea groups is 1. The molecule has 1 aliphatic heterocycles. The Morgan fingerprint density at radius 3 is 2.33 bits per heavy atom. The van der Waals surface area contributed by atoms with E-state index in [1.807, 2.05) is 6.33 Å². The Hall–Kier alpha value is -3.35. The maximum atomic E-state index is 13.1. The van der Waals surface area contributed by atoms with E-state index in [1.54, 1.807) is 36.1 Å². The van der Waals surface area contributed by atoms with E-state index in [-0.39, 0.29) is 49.5 Å². The number of likely N-dealkylation sites (tertiary alicyclic amines) is 1. The zero-order chi connectivity index (χ0) is 29.8. The fourth-order valence-electron chi connectivity index (χ4n) is 6.57. The van der Waals surface area contributed by atoms with Crippen LogP contribution in [0.15, 0.2) is 30.6 Å². The van der Waals surface area contributed by atoms with Crippen molar-refractivity contribution < 1.29 is 14.3 Å². The highest BCUT2D eigenvalue weighted by Crippen LogP contribution is 2.34. The van der Waals surface area contributed by atoms with E-state index in [0.717, 1.165) is 68.3 Å². The molecule has 5 N–H and O–H groups in total. The van der Waals surface area contributed by atoms with Crippen molar-refractivity contribution in [3.05, 3.63) is 36.2 Å². The molecule has 246 valence electrons. The van der Waals surface area contributed by atoms with Gasteiger partial charge in [0.15, 0.2) is 17.0 Å². The molecule has 2 aromatic heterocycles. The summed E-state index contributed by atoms with van der Waals surface area (Å²) in [7, 11) is 0. The van der Waals surface area contributed by atoms with Gasteiger partial charge in [-0.2, -0.15) is 9.97 Å². The van der Waals surface area contributed by atoms with Crippen molar-refractivity contribution in [1.29, 1.82) is 0 Å². The van der Waals surface area contributed by atoms with Gasteiger partial charge in [0.25, 0.3) is 0 Å². The zero-order valence-corrected chi connectivity index (χ0v) is 27.4. The van der Waals surface area contributed by atoms with Crippen molar-refractivity contribution in [2.75, 3.05) is 35.6 Å². The molecule has 1 aromatic carbocycles. The van der Waals surface area contributed by atoms with Gasteiger partial charge in [0.2, 0.25) is 5.95 Å². The molecule has 0 radical (unpaired) electrons. The van der Waals surface area contributed by atoms with E-state index in [0.29, 0.717) is 42.4 Å². The number of para-hydroxylation sites is 1. The van der Waals surface area contributed by atoms with Crippen LogP contribution in [0.3, 0.4) is 0 Å². The number of nitrogens with zero attached hydrogens (tertiary/aromatic N) is 5. The smallest absolute Gasteiger partial charge is 0.340 e. The number of halogens is 2. The standard InChI is InChI=1S/C31H43N9O3.2ClH/c1-2-43-29(41)24-9-5-6-10-25(24)36-31(42)39-17-15-22(16-18-39)34-27-26-28(40(19-33-26)23-7-3-4-8-23)38-30(37-27)35-21-13-11-20(32)12-14-21;;/h5-6,9-10,19-23H,2-4,7-8,11-18,32H2,1H3,(H,36,42)(H2,34,35,37,38);2*1H. The number of piperidine rings is 1. The van der Waals surface area contributed by atoms with E-state index in [4.69, 9.17) is 25.4 Å². The Balaban J connectivity index is 0.00000230. The van der Waals surface area contributed by atoms with Crippen LogP contribution >= 0.6 is 24.8 Å². The molecule has 0 bridgehead atoms. The highest BCUT2D eigenvalue weighted by atomic mass is 35.5. The molecule has 6 rings (SSSR count). The van der Waals surface area contributed by atoms with Crippen molar-refractivity contribution >= 4 is 65.4 Å². The molecule has 0 unspecified atom stereocenters. The third-order valence-corrected chi connectivity index (χ3v) is 9.03. The number of hydrogen-bond acceptors (Lipinski definition) is 9. The molecule has 3 aliphatic rings. The number of ether oxygens (including phenoxy) is 1. The molecule has 3 aromatic rings. The molecule has 2 amide bonds. The van der Waals surface area contributed by atoms with Crippen molar-refractivity contribution in [1.82, 2.24) is 24.4 Å². The molecular formula is C31H45Cl2N9O3. The maximum absolute atomic E-state index is 13.1. The van der Waals surface area contributed by atoms with Gasteiger partial charge in [0, 0.05) is 37.3 Å². The number of anilines is 3. The molecule has 45 heavy (non-hydrogen) atoms. The molecule has 3 fully saturated rings. The summed E-state index contributed by atoms with van der Waals surface area (Å²) in [4.78, 5) is 41.9. The summed E-state index contributed by atoms with van der Waals surface area (Å²) in [6.45, 7) is 3.18. The summed E-state index contributed by atoms with van der Waals surface area (Å²) in [6.07, 6.45) is 12.2. The SMILES string of the molecule is CCOC(=O)c1ccccc1NC(=O)N1CCC(Nc2nc(NC3CCC(N)CC3)nc3c2ncn3C2CCCC2)CC1.Cl.Cl. The van der Waals surface area contributed by atoms with Crippen LogP contribution in [-0.2, 0) is 4.74 Å². The van der Waals surface area contributed by atoms with Gasteiger partial charge in [-0.05, 0) is 70.4 Å². The zero-order valence-electron chi connectivity index (χ0n) is 25.7. The van der Waals surface area contributed by atoms with Gasteiger partial charge in [0.05, 0.1) is 24.2 Å². The predicted octanol–water partition coefficient (Wildman–Crippen LogP) is 5.75. The second-order valence-electron chi connectivity index (χ2n) is 12.0. The number of aromatic nitrogens is 4. The monoisotopic (exact) mass is 661 g/mol. The Bertz CT molecular complexity index is 1430. The summed E-state index contributed by atoms with van der Waals surface area (Å²) in [5.74, 6) is 0.920. The number of benzene rings is 1. The summed E-state index contributed by atoms with van der Waals surface area (Å²) in [6, 6.07) is 7.83. The van der Waals surface area contributed by atoms with Crippen LogP contribution in [0.2, 0.25) is 0 Å². The number of carbonyl (C=O) groups is 2. The first kappa shape index (κ1) is 34.5. The molecule has 14 heteroatoms. The fourth-order valence-corrected chi connectivity index (χ4v) is 6.57. The number of esters is 1. The second kappa shape index (κ2) is 15.8. The lowest BCUT2D eigenvalue weighted by Crippen LogP contribution is -2.44. The van der Waals surface area contributed by atoms with Crippen LogP contribution in [0.25, 0.3) is 11.2 Å². The molecule has 0 spiro atoms. The lowest BCUT2D eigenvalue weighted by molar-refractivity contribution is 0.0527. The molecular weight excluding hydrogens is 617 g/mol. The van der Waals surface area contributed by atoms with Gasteiger partial charge >= 0.3 is 12.0 Å². The molecule has 12 nitrogen and oxygen atoms in total. The summed E-state index contributed by atoms with van der Waals surface area (Å²) in [5.41, 5.74) is 8.60. The third-order valence-electron chi connectivity index (χ3n) is 9.03. The number of carbonyl (C=O) groups excluding carboxylic acids is 2. The van der Waals surface area contributed by atoms with Gasteiger partial charge < -0.3 is 35.9 Å². The summed E-state index contributed by atoms with van der Waals surface area (Å²) < 4.78 is 7.38. The minimum Gasteiger partial charge on any atom is -0.462 e. The van der Waals surface area contributed by atoms with Crippen LogP contribution in [0.4, 0.5) is 22.2 Å². The van der Waals surface area contributed by atoms with Crippen LogP contribution < -0.4 is 21.7 Å². The largest absolute Gasteiger partial charge is 0.462 e. The van der Waals surface area contributed by atoms with E-state index >= 15 is 0 Å². The molecule has 0 atom stereocenters. The van der Waals surface area contributed by atoms with Crippen molar-refractivity contribution in [3.8, 4) is 0 Å². The number of amides is 2. The van der Waals surface area contributed by atoms with E-state index in [1.165, 1.54) is 12.8 Å². The maximum Gasteiger partial charge on any atom is 0.340 e. The highest BCUT2D eigenvalue weighted by Gasteiger charge is 2.27. The number of hydrogen-bond donors (Lipinski definition) is 4. The summed E-state index contributed by atoms with van der Waals surface area (Å²) in [5, 5.41) is 10.1. The van der Waals surface area contributed by atoms with Gasteiger partial charge in [-0.3, -0.25) is 0 Å². The molecule has 3 heterocycles. The number of nitrogens with two attached hydrogens (primary N) is 1. The van der Waals surface area contributed by atoms with Crippen LogP contribution in [0, 0.1) is 0 Å². The van der Waals surface area contributed by atoms with Crippen molar-refractivity contribution in [2.45, 2.75) is 95.3 Å². The first-order valence-corrected chi connectivity index (χ1v) is 15.8. The lowest BCUT2D eigenvalue weighted by Gasteiger charge is -2.33. The first-order chi connectivity index (χ1) is 21.0. The minimum absolute atomic E-state index is 0. The Labute approximate surface area is 276 Å². The van der Waals surface area contributed by atoms with E-state index in [2.05, 4.69) is 20.5 Å². The minimum atomic E-state index is -0.450. The normalized spacial score (nSPS) is 20.6. The van der Waals surface area contributed by atoms with Gasteiger partial charge in [-0.15, -0.1) is 24.8 Å². The van der Waals surface area contributed by atoms with Crippen LogP contribution in [-0.4, -0.2) is 74.2 Å². The first-order valence-electron chi connectivity index (χ1n) is 15.8. The van der Waals surface area contributed by atoms with Gasteiger partial charge in [-0.25, -0.2) is 14.6 Å². The van der Waals surface area contributed by atoms with Crippen LogP contribution in [0.1, 0.15) is 87.5 Å². The summed E-state index contributed by atoms with van der Waals surface area (Å²) >= 11 is 0. The number of rotatable bonds is 8. The van der Waals surface area contributed by atoms with Crippen molar-refractivity contribution in [3.63, 3.8) is 0 Å². The quantitative estimate of drug-likeness (QED) is 0.221. The predicted molar refractivity (Wildman–Crippen MR) is 181 cm³/mol. The average molecular weight is 663 g/mol.